The van der Waals surface area contributed by atoms with Gasteiger partial charge in [0.25, 0.3) is 0 Å². The Morgan fingerprint density at radius 1 is 1.08 bits per heavy atom. The highest BCUT2D eigenvalue weighted by Crippen LogP contribution is 2.35. The van der Waals surface area contributed by atoms with E-state index < -0.39 is 11.7 Å². The fraction of sp³-hybridized carbons (Fsp3) is 0.200. The summed E-state index contributed by atoms with van der Waals surface area (Å²) in [6.45, 7) is 2.30. The molecular weight excluding hydrogens is 341 g/mol. The monoisotopic (exact) mass is 358 g/mol. The normalized spacial score (nSPS) is 11.3. The Balaban J connectivity index is 2.11. The second-order valence-electron chi connectivity index (χ2n) is 5.71. The van der Waals surface area contributed by atoms with Gasteiger partial charge < -0.3 is 15.0 Å². The van der Waals surface area contributed by atoms with E-state index in [1.54, 1.807) is 23.8 Å². The number of nitrogen functional groups attached to an aromatic ring is 1. The van der Waals surface area contributed by atoms with Gasteiger partial charge in [0.15, 0.2) is 0 Å². The summed E-state index contributed by atoms with van der Waals surface area (Å²) in [6, 6.07) is 10.8. The minimum Gasteiger partial charge on any atom is -0.497 e. The van der Waals surface area contributed by atoms with Gasteiger partial charge >= 0.3 is 6.18 Å². The fourth-order valence-electron chi connectivity index (χ4n) is 2.82. The molecule has 0 fully saturated rings. The summed E-state index contributed by atoms with van der Waals surface area (Å²) in [6.07, 6.45) is -4.40. The third-order valence-corrected chi connectivity index (χ3v) is 4.16. The number of aromatic nitrogens is 1. The number of nitrogens with zero attached hydrogens (tertiary/aromatic N) is 1. The van der Waals surface area contributed by atoms with Crippen molar-refractivity contribution in [1.29, 1.82) is 0 Å². The van der Waals surface area contributed by atoms with Crippen molar-refractivity contribution in [2.24, 2.45) is 0 Å². The van der Waals surface area contributed by atoms with Crippen LogP contribution in [0.25, 0.3) is 10.9 Å². The number of anilines is 1. The first-order chi connectivity index (χ1) is 12.3. The number of aryl methyl sites for hydroxylation is 1. The van der Waals surface area contributed by atoms with Crippen LogP contribution in [-0.4, -0.2) is 11.7 Å². The number of benzene rings is 2. The average Bonchev–Trinajstić information content (AvgIpc) is 2.90. The maximum absolute atomic E-state index is 13.0. The van der Waals surface area contributed by atoms with Crippen molar-refractivity contribution < 1.29 is 17.9 Å². The van der Waals surface area contributed by atoms with Crippen LogP contribution in [0.4, 0.5) is 18.9 Å². The van der Waals surface area contributed by atoms with Crippen LogP contribution >= 0.6 is 0 Å². The Bertz CT molecular complexity index is 1010. The zero-order chi connectivity index (χ0) is 18.9. The molecule has 1 aromatic heterocycles. The van der Waals surface area contributed by atoms with Crippen molar-refractivity contribution in [1.82, 2.24) is 4.57 Å². The van der Waals surface area contributed by atoms with Crippen molar-refractivity contribution in [2.75, 3.05) is 12.8 Å². The highest BCUT2D eigenvalue weighted by molar-refractivity contribution is 5.96. The number of halogens is 3. The van der Waals surface area contributed by atoms with Gasteiger partial charge in [-0.3, -0.25) is 0 Å². The fourth-order valence-corrected chi connectivity index (χ4v) is 2.82. The first-order valence-electron chi connectivity index (χ1n) is 8.00. The molecule has 26 heavy (non-hydrogen) atoms. The lowest BCUT2D eigenvalue weighted by Crippen LogP contribution is -2.05. The van der Waals surface area contributed by atoms with Crippen molar-refractivity contribution in [3.63, 3.8) is 0 Å². The van der Waals surface area contributed by atoms with Crippen LogP contribution in [0.5, 0.6) is 5.75 Å². The molecule has 3 aromatic rings. The first-order valence-corrected chi connectivity index (χ1v) is 8.00. The summed E-state index contributed by atoms with van der Waals surface area (Å²) in [5.41, 5.74) is 7.54. The molecule has 134 valence electrons. The highest BCUT2D eigenvalue weighted by Gasteiger charge is 2.31. The first kappa shape index (κ1) is 17.7. The van der Waals surface area contributed by atoms with Gasteiger partial charge in [-0.15, -0.1) is 0 Å². The molecule has 6 heteroatoms. The largest absolute Gasteiger partial charge is 0.497 e. The van der Waals surface area contributed by atoms with E-state index in [1.807, 2.05) is 19.1 Å². The quantitative estimate of drug-likeness (QED) is 0.676. The van der Waals surface area contributed by atoms with Gasteiger partial charge in [0.1, 0.15) is 11.4 Å². The molecule has 0 bridgehead atoms. The molecule has 0 aliphatic heterocycles. The van der Waals surface area contributed by atoms with Gasteiger partial charge in [0.05, 0.1) is 23.9 Å². The lowest BCUT2D eigenvalue weighted by atomic mass is 10.1. The van der Waals surface area contributed by atoms with Crippen LogP contribution in [0, 0.1) is 11.8 Å². The van der Waals surface area contributed by atoms with Gasteiger partial charge in [-0.1, -0.05) is 12.0 Å². The van der Waals surface area contributed by atoms with Crippen LogP contribution in [-0.2, 0) is 12.7 Å². The number of fused-ring (bicyclic) bond motifs is 1. The topological polar surface area (TPSA) is 40.2 Å². The summed E-state index contributed by atoms with van der Waals surface area (Å²) < 4.78 is 45.8. The van der Waals surface area contributed by atoms with Crippen LogP contribution in [0.2, 0.25) is 0 Å². The van der Waals surface area contributed by atoms with Crippen LogP contribution < -0.4 is 10.5 Å². The molecule has 3 nitrogen and oxygen atoms in total. The predicted octanol–water partition coefficient (Wildman–Crippen LogP) is 4.67. The number of hydrogen-bond acceptors (Lipinski definition) is 2. The van der Waals surface area contributed by atoms with E-state index in [2.05, 4.69) is 11.8 Å². The third kappa shape index (κ3) is 3.21. The second-order valence-corrected chi connectivity index (χ2v) is 5.71. The smallest absolute Gasteiger partial charge is 0.416 e. The number of rotatable bonds is 2. The average molecular weight is 358 g/mol. The molecule has 0 saturated carbocycles. The number of ether oxygens (including phenoxy) is 1. The van der Waals surface area contributed by atoms with Gasteiger partial charge in [0, 0.05) is 17.5 Å². The molecule has 0 spiro atoms. The maximum Gasteiger partial charge on any atom is 0.416 e. The van der Waals surface area contributed by atoms with Crippen LogP contribution in [0.1, 0.15) is 23.7 Å². The zero-order valence-electron chi connectivity index (χ0n) is 14.3. The summed E-state index contributed by atoms with van der Waals surface area (Å²) in [5, 5.41) is 0.568. The molecule has 0 saturated heterocycles. The van der Waals surface area contributed by atoms with Gasteiger partial charge in [0.2, 0.25) is 0 Å². The summed E-state index contributed by atoms with van der Waals surface area (Å²) >= 11 is 0. The lowest BCUT2D eigenvalue weighted by molar-refractivity contribution is -0.137. The summed E-state index contributed by atoms with van der Waals surface area (Å²) in [5.74, 6) is 6.72. The Morgan fingerprint density at radius 2 is 1.77 bits per heavy atom. The molecule has 0 unspecified atom stereocenters. The van der Waals surface area contributed by atoms with Crippen molar-refractivity contribution in [2.45, 2.75) is 19.6 Å². The number of nitrogens with two attached hydrogens (primary N) is 1. The zero-order valence-corrected chi connectivity index (χ0v) is 14.3. The Morgan fingerprint density at radius 3 is 2.35 bits per heavy atom. The van der Waals surface area contributed by atoms with E-state index in [1.165, 1.54) is 6.07 Å². The van der Waals surface area contributed by atoms with E-state index >= 15 is 0 Å². The molecule has 1 heterocycles. The van der Waals surface area contributed by atoms with Crippen molar-refractivity contribution >= 4 is 16.6 Å². The van der Waals surface area contributed by atoms with Crippen LogP contribution in [0.15, 0.2) is 42.5 Å². The van der Waals surface area contributed by atoms with Gasteiger partial charge in [-0.2, -0.15) is 13.2 Å². The number of methoxy groups -OCH3 is 1. The van der Waals surface area contributed by atoms with Gasteiger partial charge in [-0.05, 0) is 49.2 Å². The molecule has 0 amide bonds. The van der Waals surface area contributed by atoms with E-state index in [4.69, 9.17) is 10.5 Å². The van der Waals surface area contributed by atoms with Crippen molar-refractivity contribution in [3.05, 3.63) is 59.3 Å². The van der Waals surface area contributed by atoms with E-state index in [-0.39, 0.29) is 0 Å². The van der Waals surface area contributed by atoms with E-state index in [0.29, 0.717) is 28.8 Å². The molecule has 3 rings (SSSR count). The highest BCUT2D eigenvalue weighted by atomic mass is 19.4. The summed E-state index contributed by atoms with van der Waals surface area (Å²) in [4.78, 5) is 0. The van der Waals surface area contributed by atoms with Crippen LogP contribution in [0.3, 0.4) is 0 Å². The van der Waals surface area contributed by atoms with E-state index in [9.17, 15) is 13.2 Å². The lowest BCUT2D eigenvalue weighted by Gasteiger charge is -2.08. The number of hydrogen-bond donors (Lipinski definition) is 1. The van der Waals surface area contributed by atoms with E-state index in [0.717, 1.165) is 23.4 Å². The SMILES string of the molecule is CCn1c(C#Cc2ccc(OC)cc2)c(N)c2ccc(C(F)(F)F)cc21. The Hall–Kier alpha value is -3.07. The Labute approximate surface area is 149 Å². The molecule has 2 aromatic carbocycles. The molecular formula is C20H17F3N2O. The Kier molecular flexibility index (Phi) is 4.56. The summed E-state index contributed by atoms with van der Waals surface area (Å²) in [7, 11) is 1.58. The number of alkyl halides is 3. The van der Waals surface area contributed by atoms with Gasteiger partial charge in [-0.25, -0.2) is 0 Å². The molecule has 0 aliphatic carbocycles. The molecule has 2 N–H and O–H groups in total. The molecule has 0 radical (unpaired) electrons. The van der Waals surface area contributed by atoms with Crippen molar-refractivity contribution in [3.8, 4) is 17.6 Å². The minimum absolute atomic E-state index is 0.386. The third-order valence-electron chi connectivity index (χ3n) is 4.16. The predicted molar refractivity (Wildman–Crippen MR) is 96.0 cm³/mol. The molecule has 0 aliphatic rings. The second kappa shape index (κ2) is 6.68. The standard InChI is InChI=1S/C20H17F3N2O/c1-3-25-17(11-6-13-4-8-15(26-2)9-5-13)19(24)16-10-7-14(12-18(16)25)20(21,22)23/h4-5,7-10,12H,3,24H2,1-2H3. The molecule has 0 atom stereocenters. The maximum atomic E-state index is 13.0. The minimum atomic E-state index is -4.40.